The summed E-state index contributed by atoms with van der Waals surface area (Å²) in [4.78, 5) is 10.2. The van der Waals surface area contributed by atoms with Gasteiger partial charge in [0.1, 0.15) is 0 Å². The summed E-state index contributed by atoms with van der Waals surface area (Å²) >= 11 is 4.61. The van der Waals surface area contributed by atoms with Crippen LogP contribution in [0.15, 0.2) is 60.7 Å². The largest absolute Gasteiger partial charge is 0.370 e. The number of rotatable bonds is 4. The molecule has 2 aromatic carbocycles. The minimum atomic E-state index is -0.144. The lowest BCUT2D eigenvalue weighted by Crippen LogP contribution is -2.20. The van der Waals surface area contributed by atoms with E-state index in [1.165, 1.54) is 30.4 Å². The third-order valence-corrected chi connectivity index (χ3v) is 4.54. The van der Waals surface area contributed by atoms with E-state index in [2.05, 4.69) is 36.9 Å². The van der Waals surface area contributed by atoms with Crippen LogP contribution in [0.5, 0.6) is 0 Å². The summed E-state index contributed by atoms with van der Waals surface area (Å²) < 4.78 is 0. The van der Waals surface area contributed by atoms with Crippen LogP contribution in [-0.2, 0) is 4.79 Å². The minimum Gasteiger partial charge on any atom is -0.370 e. The highest BCUT2D eigenvalue weighted by atomic mass is 32.1. The van der Waals surface area contributed by atoms with Gasteiger partial charge in [-0.3, -0.25) is 4.79 Å². The van der Waals surface area contributed by atoms with Crippen molar-refractivity contribution in [2.24, 2.45) is 11.7 Å². The third-order valence-electron chi connectivity index (χ3n) is 3.95. The molecule has 1 saturated carbocycles. The van der Waals surface area contributed by atoms with Crippen LogP contribution in [0.3, 0.4) is 0 Å². The average Bonchev–Trinajstić information content (AvgIpc) is 2.52. The first kappa shape index (κ1) is 16.6. The number of thiol groups is 1. The van der Waals surface area contributed by atoms with Crippen LogP contribution >= 0.6 is 12.6 Å². The van der Waals surface area contributed by atoms with Crippen molar-refractivity contribution in [2.45, 2.75) is 30.9 Å². The fraction of sp³-hybridized carbons (Fsp3) is 0.316. The Morgan fingerprint density at radius 3 is 1.73 bits per heavy atom. The Bertz CT molecular complexity index is 527. The zero-order valence-corrected chi connectivity index (χ0v) is 13.6. The monoisotopic (exact) mass is 313 g/mol. The van der Waals surface area contributed by atoms with Gasteiger partial charge >= 0.3 is 0 Å². The van der Waals surface area contributed by atoms with Crippen LogP contribution in [0.25, 0.3) is 0 Å². The van der Waals surface area contributed by atoms with Gasteiger partial charge in [0.25, 0.3) is 0 Å². The summed E-state index contributed by atoms with van der Waals surface area (Å²) in [6.07, 6.45) is 4.32. The zero-order valence-electron chi connectivity index (χ0n) is 12.7. The van der Waals surface area contributed by atoms with Gasteiger partial charge in [-0.2, -0.15) is 12.6 Å². The standard InChI is InChI=1S/C13H12S.C6H11NO/c14-13(11-7-3-1-4-8-11)12-9-5-2-6-10-12;7-6(8)4-5-2-1-3-5/h1-10,13-14H;5H,1-4H2,(H2,7,8). The maximum absolute atomic E-state index is 10.2. The molecule has 2 N–H and O–H groups in total. The molecule has 2 nitrogen and oxygen atoms in total. The van der Waals surface area contributed by atoms with Crippen LogP contribution < -0.4 is 5.73 Å². The first-order valence-corrected chi connectivity index (χ1v) is 8.24. The Labute approximate surface area is 138 Å². The Morgan fingerprint density at radius 1 is 1.00 bits per heavy atom. The molecule has 0 unspecified atom stereocenters. The topological polar surface area (TPSA) is 43.1 Å². The van der Waals surface area contributed by atoms with Gasteiger partial charge in [-0.25, -0.2) is 0 Å². The fourth-order valence-corrected chi connectivity index (χ4v) is 2.79. The van der Waals surface area contributed by atoms with Gasteiger partial charge in [0, 0.05) is 6.42 Å². The van der Waals surface area contributed by atoms with Crippen molar-refractivity contribution in [3.63, 3.8) is 0 Å². The SMILES string of the molecule is NC(=O)CC1CCC1.SC(c1ccccc1)c1ccccc1. The van der Waals surface area contributed by atoms with Gasteiger partial charge in [-0.15, -0.1) is 0 Å². The van der Waals surface area contributed by atoms with Gasteiger partial charge in [0.15, 0.2) is 0 Å². The number of hydrogen-bond donors (Lipinski definition) is 2. The average molecular weight is 313 g/mol. The molecule has 3 heteroatoms. The molecule has 0 saturated heterocycles. The summed E-state index contributed by atoms with van der Waals surface area (Å²) in [6.45, 7) is 0. The molecule has 0 atom stereocenters. The molecule has 0 heterocycles. The maximum Gasteiger partial charge on any atom is 0.217 e. The maximum atomic E-state index is 10.2. The molecule has 116 valence electrons. The highest BCUT2D eigenvalue weighted by molar-refractivity contribution is 7.80. The van der Waals surface area contributed by atoms with Crippen molar-refractivity contribution in [3.8, 4) is 0 Å². The molecule has 1 aliphatic rings. The number of nitrogens with two attached hydrogens (primary N) is 1. The van der Waals surface area contributed by atoms with Crippen LogP contribution in [0.2, 0.25) is 0 Å². The summed E-state index contributed by atoms with van der Waals surface area (Å²) in [5.41, 5.74) is 7.44. The summed E-state index contributed by atoms with van der Waals surface area (Å²) in [5.74, 6) is 0.488. The Morgan fingerprint density at radius 2 is 1.45 bits per heavy atom. The Kier molecular flexibility index (Phi) is 6.53. The van der Waals surface area contributed by atoms with E-state index in [4.69, 9.17) is 5.73 Å². The number of hydrogen-bond acceptors (Lipinski definition) is 2. The van der Waals surface area contributed by atoms with Gasteiger partial charge in [0.05, 0.1) is 5.25 Å². The summed E-state index contributed by atoms with van der Waals surface area (Å²) in [5, 5.41) is 0.178. The Hall–Kier alpha value is -1.74. The van der Waals surface area contributed by atoms with Crippen molar-refractivity contribution < 1.29 is 4.79 Å². The normalized spacial score (nSPS) is 13.9. The lowest BCUT2D eigenvalue weighted by atomic mass is 9.83. The third kappa shape index (κ3) is 5.23. The van der Waals surface area contributed by atoms with E-state index in [1.54, 1.807) is 0 Å². The Balaban J connectivity index is 0.000000188. The van der Waals surface area contributed by atoms with E-state index >= 15 is 0 Å². The lowest BCUT2D eigenvalue weighted by Gasteiger charge is -2.23. The molecular formula is C19H23NOS. The van der Waals surface area contributed by atoms with Crippen LogP contribution in [0, 0.1) is 5.92 Å². The van der Waals surface area contributed by atoms with Crippen molar-refractivity contribution in [1.29, 1.82) is 0 Å². The lowest BCUT2D eigenvalue weighted by molar-refractivity contribution is -0.119. The van der Waals surface area contributed by atoms with Gasteiger partial charge in [-0.05, 0) is 29.9 Å². The second kappa shape index (κ2) is 8.64. The number of benzene rings is 2. The van der Waals surface area contributed by atoms with Gasteiger partial charge in [0.2, 0.25) is 5.91 Å². The summed E-state index contributed by atoms with van der Waals surface area (Å²) in [7, 11) is 0. The smallest absolute Gasteiger partial charge is 0.217 e. The molecule has 1 amide bonds. The van der Waals surface area contributed by atoms with Crippen LogP contribution in [0.4, 0.5) is 0 Å². The number of amides is 1. The molecule has 0 radical (unpaired) electrons. The van der Waals surface area contributed by atoms with Gasteiger partial charge in [-0.1, -0.05) is 67.1 Å². The molecule has 1 fully saturated rings. The first-order valence-electron chi connectivity index (χ1n) is 7.73. The molecular weight excluding hydrogens is 290 g/mol. The predicted octanol–water partition coefficient (Wildman–Crippen LogP) is 4.37. The second-order valence-electron chi connectivity index (χ2n) is 5.69. The van der Waals surface area contributed by atoms with Crippen molar-refractivity contribution in [1.82, 2.24) is 0 Å². The molecule has 0 spiro atoms. The molecule has 0 aromatic heterocycles. The van der Waals surface area contributed by atoms with E-state index in [1.807, 2.05) is 36.4 Å². The van der Waals surface area contributed by atoms with Crippen LogP contribution in [0.1, 0.15) is 42.1 Å². The number of carbonyl (C=O) groups is 1. The summed E-state index contributed by atoms with van der Waals surface area (Å²) in [6, 6.07) is 20.6. The van der Waals surface area contributed by atoms with Crippen molar-refractivity contribution >= 4 is 18.5 Å². The van der Waals surface area contributed by atoms with Crippen molar-refractivity contribution in [3.05, 3.63) is 71.8 Å². The van der Waals surface area contributed by atoms with Crippen molar-refractivity contribution in [2.75, 3.05) is 0 Å². The van der Waals surface area contributed by atoms with E-state index in [0.29, 0.717) is 12.3 Å². The number of primary amides is 1. The highest BCUT2D eigenvalue weighted by Crippen LogP contribution is 2.28. The van der Waals surface area contributed by atoms with E-state index in [0.717, 1.165) is 0 Å². The van der Waals surface area contributed by atoms with E-state index in [9.17, 15) is 4.79 Å². The zero-order chi connectivity index (χ0) is 15.8. The quantitative estimate of drug-likeness (QED) is 0.809. The number of carbonyl (C=O) groups excluding carboxylic acids is 1. The molecule has 0 bridgehead atoms. The first-order chi connectivity index (χ1) is 10.7. The van der Waals surface area contributed by atoms with Crippen LogP contribution in [-0.4, -0.2) is 5.91 Å². The molecule has 3 rings (SSSR count). The highest BCUT2D eigenvalue weighted by Gasteiger charge is 2.18. The van der Waals surface area contributed by atoms with Gasteiger partial charge < -0.3 is 5.73 Å². The second-order valence-corrected chi connectivity index (χ2v) is 6.21. The fourth-order valence-electron chi connectivity index (χ4n) is 2.44. The molecule has 22 heavy (non-hydrogen) atoms. The predicted molar refractivity (Wildman–Crippen MR) is 94.9 cm³/mol. The van der Waals surface area contributed by atoms with E-state index < -0.39 is 0 Å². The molecule has 0 aliphatic heterocycles. The molecule has 1 aliphatic carbocycles. The van der Waals surface area contributed by atoms with E-state index in [-0.39, 0.29) is 11.2 Å². The minimum absolute atomic E-state index is 0.144. The molecule has 2 aromatic rings.